The fraction of sp³-hybridized carbons (Fsp3) is 0.714. The Labute approximate surface area is 110 Å². The summed E-state index contributed by atoms with van der Waals surface area (Å²) >= 11 is 6.02. The van der Waals surface area contributed by atoms with Gasteiger partial charge in [-0.05, 0) is 37.3 Å². The summed E-state index contributed by atoms with van der Waals surface area (Å²) in [5.74, 6) is 0.408. The molecule has 4 N–H and O–H groups in total. The lowest BCUT2D eigenvalue weighted by molar-refractivity contribution is 0.263. The lowest BCUT2D eigenvalue weighted by atomic mass is 9.73. The van der Waals surface area contributed by atoms with Crippen molar-refractivity contribution in [2.45, 2.75) is 51.1 Å². The molecule has 17 heavy (non-hydrogen) atoms. The average Bonchev–Trinajstić information content (AvgIpc) is 2.15. The zero-order valence-electron chi connectivity index (χ0n) is 11.1. The molecule has 0 amide bonds. The smallest absolute Gasteiger partial charge is 0.128 e. The summed E-state index contributed by atoms with van der Waals surface area (Å²) in [6.07, 6.45) is 11.4. The van der Waals surface area contributed by atoms with E-state index in [0.29, 0.717) is 12.0 Å². The van der Waals surface area contributed by atoms with E-state index in [9.17, 15) is 0 Å². The normalized spacial score (nSPS) is 30.6. The standard InChI is InChI=1S/C14H25ClN2/c1-11(16)5-4-8-13(2,3)12-6-9-14(15,17)10-7-12/h6-7,9-12H,4-5,8,16-17H2,1-3H3. The van der Waals surface area contributed by atoms with Gasteiger partial charge >= 0.3 is 0 Å². The van der Waals surface area contributed by atoms with Crippen LogP contribution in [0.25, 0.3) is 0 Å². The van der Waals surface area contributed by atoms with E-state index in [2.05, 4.69) is 32.9 Å². The minimum absolute atomic E-state index is 0.231. The maximum atomic E-state index is 6.02. The Morgan fingerprint density at radius 1 is 1.35 bits per heavy atom. The Hall–Kier alpha value is -0.310. The van der Waals surface area contributed by atoms with Gasteiger partial charge in [0.05, 0.1) is 0 Å². The second-order valence-corrected chi connectivity index (χ2v) is 6.58. The molecule has 1 aliphatic rings. The molecule has 0 saturated carbocycles. The first-order chi connectivity index (χ1) is 7.73. The lowest BCUT2D eigenvalue weighted by Gasteiger charge is -2.33. The second-order valence-electron chi connectivity index (χ2n) is 5.93. The first-order valence-corrected chi connectivity index (χ1v) is 6.73. The van der Waals surface area contributed by atoms with Gasteiger partial charge in [0.15, 0.2) is 0 Å². The predicted octanol–water partition coefficient (Wildman–Crippen LogP) is 3.17. The van der Waals surface area contributed by atoms with Gasteiger partial charge in [0.2, 0.25) is 0 Å². The molecule has 0 spiro atoms. The molecule has 1 rings (SSSR count). The number of hydrogen-bond donors (Lipinski definition) is 2. The van der Waals surface area contributed by atoms with Crippen molar-refractivity contribution in [3.8, 4) is 0 Å². The molecule has 1 atom stereocenters. The molecule has 0 aromatic carbocycles. The molecular formula is C14H25ClN2. The van der Waals surface area contributed by atoms with Crippen molar-refractivity contribution in [3.05, 3.63) is 24.3 Å². The minimum atomic E-state index is -0.793. The maximum absolute atomic E-state index is 6.02. The second kappa shape index (κ2) is 5.55. The van der Waals surface area contributed by atoms with Gasteiger partial charge in [0, 0.05) is 12.0 Å². The number of nitrogens with two attached hydrogens (primary N) is 2. The highest BCUT2D eigenvalue weighted by atomic mass is 35.5. The Bertz CT molecular complexity index is 287. The number of halogens is 1. The lowest BCUT2D eigenvalue weighted by Crippen LogP contribution is -2.32. The van der Waals surface area contributed by atoms with Crippen LogP contribution >= 0.6 is 11.6 Å². The third kappa shape index (κ3) is 4.82. The molecule has 1 aliphatic carbocycles. The van der Waals surface area contributed by atoms with Gasteiger partial charge in [-0.3, -0.25) is 0 Å². The van der Waals surface area contributed by atoms with Crippen molar-refractivity contribution < 1.29 is 0 Å². The first kappa shape index (κ1) is 14.7. The molecule has 0 heterocycles. The molecule has 3 heteroatoms. The van der Waals surface area contributed by atoms with Crippen LogP contribution in [0.4, 0.5) is 0 Å². The zero-order chi connectivity index (χ0) is 13.1. The molecule has 98 valence electrons. The summed E-state index contributed by atoms with van der Waals surface area (Å²) in [4.78, 5) is -0.793. The largest absolute Gasteiger partial charge is 0.328 e. The van der Waals surface area contributed by atoms with Crippen LogP contribution < -0.4 is 11.5 Å². The van der Waals surface area contributed by atoms with Crippen molar-refractivity contribution in [3.63, 3.8) is 0 Å². The average molecular weight is 257 g/mol. The van der Waals surface area contributed by atoms with Gasteiger partial charge in [0.25, 0.3) is 0 Å². The van der Waals surface area contributed by atoms with E-state index in [4.69, 9.17) is 23.1 Å². The van der Waals surface area contributed by atoms with Crippen LogP contribution in [-0.4, -0.2) is 11.0 Å². The zero-order valence-corrected chi connectivity index (χ0v) is 11.9. The summed E-state index contributed by atoms with van der Waals surface area (Å²) in [5, 5.41) is 0. The highest BCUT2D eigenvalue weighted by Gasteiger charge is 2.29. The molecule has 0 aliphatic heterocycles. The van der Waals surface area contributed by atoms with Crippen molar-refractivity contribution in [1.29, 1.82) is 0 Å². The van der Waals surface area contributed by atoms with E-state index >= 15 is 0 Å². The summed E-state index contributed by atoms with van der Waals surface area (Å²) in [5.41, 5.74) is 11.8. The van der Waals surface area contributed by atoms with Crippen molar-refractivity contribution >= 4 is 11.6 Å². The summed E-state index contributed by atoms with van der Waals surface area (Å²) in [7, 11) is 0. The third-order valence-electron chi connectivity index (χ3n) is 3.50. The first-order valence-electron chi connectivity index (χ1n) is 6.35. The maximum Gasteiger partial charge on any atom is 0.128 e. The molecule has 0 fully saturated rings. The van der Waals surface area contributed by atoms with Crippen LogP contribution in [0.15, 0.2) is 24.3 Å². The van der Waals surface area contributed by atoms with Crippen LogP contribution in [-0.2, 0) is 0 Å². The fourth-order valence-corrected chi connectivity index (χ4v) is 2.33. The number of allylic oxidation sites excluding steroid dienone is 2. The summed E-state index contributed by atoms with van der Waals surface area (Å²) in [6.45, 7) is 6.63. The van der Waals surface area contributed by atoms with E-state index < -0.39 is 5.00 Å². The van der Waals surface area contributed by atoms with Crippen molar-refractivity contribution in [2.24, 2.45) is 22.8 Å². The molecule has 0 bridgehead atoms. The number of alkyl halides is 1. The summed E-state index contributed by atoms with van der Waals surface area (Å²) in [6, 6.07) is 0.294. The molecule has 0 radical (unpaired) electrons. The van der Waals surface area contributed by atoms with Crippen LogP contribution in [0.2, 0.25) is 0 Å². The molecule has 0 aromatic heterocycles. The predicted molar refractivity (Wildman–Crippen MR) is 75.8 cm³/mol. The van der Waals surface area contributed by atoms with Crippen LogP contribution in [0.1, 0.15) is 40.0 Å². The highest BCUT2D eigenvalue weighted by molar-refractivity contribution is 6.26. The van der Waals surface area contributed by atoms with Crippen molar-refractivity contribution in [2.75, 3.05) is 0 Å². The summed E-state index contributed by atoms with van der Waals surface area (Å²) < 4.78 is 0. The van der Waals surface area contributed by atoms with Crippen molar-refractivity contribution in [1.82, 2.24) is 0 Å². The Kier molecular flexibility index (Phi) is 4.82. The quantitative estimate of drug-likeness (QED) is 0.451. The van der Waals surface area contributed by atoms with E-state index in [1.165, 1.54) is 0 Å². The molecule has 2 nitrogen and oxygen atoms in total. The Morgan fingerprint density at radius 3 is 2.35 bits per heavy atom. The molecule has 1 unspecified atom stereocenters. The van der Waals surface area contributed by atoms with Gasteiger partial charge in [0.1, 0.15) is 5.00 Å². The monoisotopic (exact) mass is 256 g/mol. The van der Waals surface area contributed by atoms with E-state index in [1.54, 1.807) is 0 Å². The topological polar surface area (TPSA) is 52.0 Å². The van der Waals surface area contributed by atoms with E-state index in [1.807, 2.05) is 12.2 Å². The Balaban J connectivity index is 2.51. The van der Waals surface area contributed by atoms with Gasteiger partial charge in [-0.2, -0.15) is 0 Å². The van der Waals surface area contributed by atoms with Crippen LogP contribution in [0, 0.1) is 11.3 Å². The van der Waals surface area contributed by atoms with Gasteiger partial charge in [-0.25, -0.2) is 0 Å². The van der Waals surface area contributed by atoms with Gasteiger partial charge in [-0.1, -0.05) is 44.0 Å². The number of rotatable bonds is 5. The molecule has 0 saturated heterocycles. The molecule has 0 aromatic rings. The third-order valence-corrected chi connectivity index (χ3v) is 3.75. The van der Waals surface area contributed by atoms with Crippen LogP contribution in [0.5, 0.6) is 0 Å². The molecular weight excluding hydrogens is 232 g/mol. The SMILES string of the molecule is CC(N)CCCC(C)(C)C1C=CC(N)(Cl)C=C1. The minimum Gasteiger partial charge on any atom is -0.328 e. The van der Waals surface area contributed by atoms with E-state index in [-0.39, 0.29) is 5.41 Å². The number of hydrogen-bond acceptors (Lipinski definition) is 2. The Morgan fingerprint density at radius 2 is 1.88 bits per heavy atom. The van der Waals surface area contributed by atoms with E-state index in [0.717, 1.165) is 19.3 Å². The van der Waals surface area contributed by atoms with Gasteiger partial charge in [-0.15, -0.1) is 0 Å². The van der Waals surface area contributed by atoms with Crippen LogP contribution in [0.3, 0.4) is 0 Å². The van der Waals surface area contributed by atoms with Gasteiger partial charge < -0.3 is 11.5 Å². The highest BCUT2D eigenvalue weighted by Crippen LogP contribution is 2.37. The fourth-order valence-electron chi connectivity index (χ4n) is 2.19.